The first-order valence-corrected chi connectivity index (χ1v) is 8.05. The summed E-state index contributed by atoms with van der Waals surface area (Å²) >= 11 is 0. The smallest absolute Gasteiger partial charge is 0.373 e. The monoisotopic (exact) mass is 340 g/mol. The Bertz CT molecular complexity index is 623. The highest BCUT2D eigenvalue weighted by molar-refractivity contribution is 5.40. The van der Waals surface area contributed by atoms with E-state index in [0.29, 0.717) is 24.2 Å². The minimum Gasteiger partial charge on any atom is -0.373 e. The van der Waals surface area contributed by atoms with E-state index in [1.807, 2.05) is 6.07 Å². The van der Waals surface area contributed by atoms with E-state index < -0.39 is 18.4 Å². The van der Waals surface area contributed by atoms with Crippen molar-refractivity contribution < 1.29 is 22.6 Å². The summed E-state index contributed by atoms with van der Waals surface area (Å²) in [5.74, 6) is 0. The molecule has 0 amide bonds. The summed E-state index contributed by atoms with van der Waals surface area (Å²) in [6.45, 7) is 1.27. The molecule has 24 heavy (non-hydrogen) atoms. The molecule has 0 aromatic heterocycles. The Kier molecular flexibility index (Phi) is 5.09. The van der Waals surface area contributed by atoms with Gasteiger partial charge < -0.3 is 14.8 Å². The number of benzene rings is 1. The van der Waals surface area contributed by atoms with Crippen molar-refractivity contribution in [1.82, 2.24) is 5.32 Å². The van der Waals surface area contributed by atoms with Gasteiger partial charge >= 0.3 is 6.18 Å². The van der Waals surface area contributed by atoms with Crippen LogP contribution in [0, 0.1) is 11.3 Å². The van der Waals surface area contributed by atoms with Crippen LogP contribution in [0.2, 0.25) is 0 Å². The first-order valence-electron chi connectivity index (χ1n) is 8.05. The molecule has 3 unspecified atom stereocenters. The standard InChI is InChI=1S/C17H19F3N2O2/c18-17(19,20)16-9-15(23-4-1-5-24-16)13-7-11(10-21)6-12(8-13)14-2-3-22-14/h6-8,14-16,22H,1-5,9H2. The van der Waals surface area contributed by atoms with E-state index in [1.54, 1.807) is 12.1 Å². The molecule has 1 N–H and O–H groups in total. The molecule has 0 bridgehead atoms. The fourth-order valence-electron chi connectivity index (χ4n) is 3.00. The van der Waals surface area contributed by atoms with E-state index in [9.17, 15) is 18.4 Å². The van der Waals surface area contributed by atoms with Crippen molar-refractivity contribution in [2.24, 2.45) is 0 Å². The number of alkyl halides is 3. The second kappa shape index (κ2) is 7.09. The van der Waals surface area contributed by atoms with Gasteiger partial charge in [0.05, 0.1) is 17.7 Å². The molecule has 1 aromatic carbocycles. The van der Waals surface area contributed by atoms with Gasteiger partial charge in [-0.15, -0.1) is 0 Å². The van der Waals surface area contributed by atoms with Crippen molar-refractivity contribution in [3.63, 3.8) is 0 Å². The van der Waals surface area contributed by atoms with Crippen LogP contribution in [-0.4, -0.2) is 32.0 Å². The second-order valence-electron chi connectivity index (χ2n) is 6.15. The fraction of sp³-hybridized carbons (Fsp3) is 0.588. The number of halogens is 3. The van der Waals surface area contributed by atoms with Crippen LogP contribution in [0.15, 0.2) is 18.2 Å². The molecular weight excluding hydrogens is 321 g/mol. The Balaban J connectivity index is 1.88. The number of ether oxygens (including phenoxy) is 2. The molecule has 2 aliphatic rings. The van der Waals surface area contributed by atoms with Crippen molar-refractivity contribution in [3.8, 4) is 6.07 Å². The number of nitriles is 1. The van der Waals surface area contributed by atoms with Crippen LogP contribution in [0.25, 0.3) is 0 Å². The average Bonchev–Trinajstić information content (AvgIpc) is 2.43. The Hall–Kier alpha value is -1.62. The average molecular weight is 340 g/mol. The summed E-state index contributed by atoms with van der Waals surface area (Å²) in [6, 6.07) is 7.47. The lowest BCUT2D eigenvalue weighted by Crippen LogP contribution is -2.36. The van der Waals surface area contributed by atoms with Gasteiger partial charge in [0.25, 0.3) is 0 Å². The normalized spacial score (nSPS) is 28.3. The van der Waals surface area contributed by atoms with Crippen LogP contribution in [0.3, 0.4) is 0 Å². The molecule has 4 nitrogen and oxygen atoms in total. The number of hydrogen-bond donors (Lipinski definition) is 1. The Morgan fingerprint density at radius 3 is 2.46 bits per heavy atom. The lowest BCUT2D eigenvalue weighted by Gasteiger charge is -2.31. The molecule has 2 saturated heterocycles. The molecule has 3 atom stereocenters. The minimum absolute atomic E-state index is 0.0341. The van der Waals surface area contributed by atoms with E-state index in [2.05, 4.69) is 11.4 Å². The molecule has 130 valence electrons. The highest BCUT2D eigenvalue weighted by Gasteiger charge is 2.43. The molecule has 1 aromatic rings. The van der Waals surface area contributed by atoms with Gasteiger partial charge in [0, 0.05) is 25.7 Å². The molecule has 2 fully saturated rings. The fourth-order valence-corrected chi connectivity index (χ4v) is 3.00. The Labute approximate surface area is 138 Å². The first-order chi connectivity index (χ1) is 11.5. The van der Waals surface area contributed by atoms with Gasteiger partial charge in [-0.3, -0.25) is 0 Å². The molecule has 2 aliphatic heterocycles. The van der Waals surface area contributed by atoms with Gasteiger partial charge in [-0.1, -0.05) is 6.07 Å². The van der Waals surface area contributed by atoms with E-state index >= 15 is 0 Å². The SMILES string of the molecule is N#Cc1cc(C2CCN2)cc(C2CC(C(F)(F)F)OCCCO2)c1. The Morgan fingerprint density at radius 2 is 1.83 bits per heavy atom. The predicted octanol–water partition coefficient (Wildman–Crippen LogP) is 3.39. The van der Waals surface area contributed by atoms with Crippen LogP contribution in [0.5, 0.6) is 0 Å². The number of hydrogen-bond acceptors (Lipinski definition) is 4. The summed E-state index contributed by atoms with van der Waals surface area (Å²) in [5.41, 5.74) is 1.97. The predicted molar refractivity (Wildman–Crippen MR) is 80.2 cm³/mol. The number of rotatable bonds is 2. The summed E-state index contributed by atoms with van der Waals surface area (Å²) in [6.07, 6.45) is -5.94. The summed E-state index contributed by atoms with van der Waals surface area (Å²) < 4.78 is 50.0. The molecule has 0 saturated carbocycles. The van der Waals surface area contributed by atoms with Crippen molar-refractivity contribution in [1.29, 1.82) is 5.26 Å². The highest BCUT2D eigenvalue weighted by Crippen LogP contribution is 2.35. The zero-order valence-electron chi connectivity index (χ0n) is 13.1. The van der Waals surface area contributed by atoms with E-state index in [-0.39, 0.29) is 19.1 Å². The molecule has 0 radical (unpaired) electrons. The van der Waals surface area contributed by atoms with Crippen LogP contribution < -0.4 is 5.32 Å². The third kappa shape index (κ3) is 3.89. The van der Waals surface area contributed by atoms with Crippen LogP contribution in [-0.2, 0) is 9.47 Å². The molecule has 3 rings (SSSR count). The zero-order valence-corrected chi connectivity index (χ0v) is 13.1. The van der Waals surface area contributed by atoms with Gasteiger partial charge in [0.15, 0.2) is 6.10 Å². The number of nitrogens with zero attached hydrogens (tertiary/aromatic N) is 1. The zero-order chi connectivity index (χ0) is 17.2. The molecule has 0 spiro atoms. The van der Waals surface area contributed by atoms with E-state index in [4.69, 9.17) is 9.47 Å². The van der Waals surface area contributed by atoms with Gasteiger partial charge in [0.1, 0.15) is 0 Å². The quantitative estimate of drug-likeness (QED) is 0.897. The molecular formula is C17H19F3N2O2. The number of nitrogens with one attached hydrogen (secondary N) is 1. The van der Waals surface area contributed by atoms with E-state index in [1.165, 1.54) is 0 Å². The van der Waals surface area contributed by atoms with Crippen molar-refractivity contribution >= 4 is 0 Å². The third-order valence-electron chi connectivity index (χ3n) is 4.42. The lowest BCUT2D eigenvalue weighted by atomic mass is 9.91. The second-order valence-corrected chi connectivity index (χ2v) is 6.15. The van der Waals surface area contributed by atoms with Crippen LogP contribution in [0.4, 0.5) is 13.2 Å². The summed E-state index contributed by atoms with van der Waals surface area (Å²) in [5, 5.41) is 12.5. The van der Waals surface area contributed by atoms with Crippen molar-refractivity contribution in [2.75, 3.05) is 19.8 Å². The van der Waals surface area contributed by atoms with Gasteiger partial charge in [-0.25, -0.2) is 0 Å². The van der Waals surface area contributed by atoms with Gasteiger partial charge in [0.2, 0.25) is 0 Å². The minimum atomic E-state index is -4.43. The lowest BCUT2D eigenvalue weighted by molar-refractivity contribution is -0.235. The maximum Gasteiger partial charge on any atom is 0.414 e. The first kappa shape index (κ1) is 17.2. The van der Waals surface area contributed by atoms with E-state index in [0.717, 1.165) is 18.5 Å². The van der Waals surface area contributed by atoms with Crippen molar-refractivity contribution in [2.45, 2.75) is 43.7 Å². The third-order valence-corrected chi connectivity index (χ3v) is 4.42. The topological polar surface area (TPSA) is 54.3 Å². The van der Waals surface area contributed by atoms with Crippen molar-refractivity contribution in [3.05, 3.63) is 34.9 Å². The molecule has 7 heteroatoms. The van der Waals surface area contributed by atoms with Crippen LogP contribution in [0.1, 0.15) is 48.1 Å². The Morgan fingerprint density at radius 1 is 1.12 bits per heavy atom. The van der Waals surface area contributed by atoms with Crippen LogP contribution >= 0.6 is 0 Å². The maximum atomic E-state index is 13.1. The highest BCUT2D eigenvalue weighted by atomic mass is 19.4. The molecule has 2 heterocycles. The maximum absolute atomic E-state index is 13.1. The van der Waals surface area contributed by atoms with Gasteiger partial charge in [-0.05, 0) is 42.6 Å². The largest absolute Gasteiger partial charge is 0.414 e. The summed E-state index contributed by atoms with van der Waals surface area (Å²) in [7, 11) is 0. The molecule has 0 aliphatic carbocycles. The summed E-state index contributed by atoms with van der Waals surface area (Å²) in [4.78, 5) is 0. The van der Waals surface area contributed by atoms with Gasteiger partial charge in [-0.2, -0.15) is 18.4 Å².